The van der Waals surface area contributed by atoms with Crippen LogP contribution < -0.4 is 20.1 Å². The molecule has 1 aliphatic rings. The van der Waals surface area contributed by atoms with Crippen LogP contribution in [-0.2, 0) is 6.54 Å². The van der Waals surface area contributed by atoms with Gasteiger partial charge in [0.1, 0.15) is 0 Å². The normalized spacial score (nSPS) is 12.8. The van der Waals surface area contributed by atoms with Crippen LogP contribution in [0.1, 0.15) is 26.3 Å². The average Bonchev–Trinajstić information content (AvgIpc) is 2.96. The quantitative estimate of drug-likeness (QED) is 0.808. The van der Waals surface area contributed by atoms with E-state index in [9.17, 15) is 4.79 Å². The zero-order valence-electron chi connectivity index (χ0n) is 13.5. The molecule has 0 aliphatic carbocycles. The summed E-state index contributed by atoms with van der Waals surface area (Å²) in [7, 11) is 0. The highest BCUT2D eigenvalue weighted by molar-refractivity contribution is 5.73. The minimum Gasteiger partial charge on any atom is -0.454 e. The maximum Gasteiger partial charge on any atom is 0.315 e. The lowest BCUT2D eigenvalue weighted by molar-refractivity contribution is 0.174. The molecule has 1 aromatic carbocycles. The van der Waals surface area contributed by atoms with Crippen molar-refractivity contribution in [3.05, 3.63) is 23.8 Å². The van der Waals surface area contributed by atoms with Gasteiger partial charge in [-0.15, -0.1) is 0 Å². The molecule has 122 valence electrons. The fourth-order valence-electron chi connectivity index (χ4n) is 2.39. The second kappa shape index (κ2) is 7.89. The van der Waals surface area contributed by atoms with Crippen molar-refractivity contribution in [3.63, 3.8) is 0 Å². The third-order valence-electron chi connectivity index (χ3n) is 3.71. The van der Waals surface area contributed by atoms with Gasteiger partial charge in [0, 0.05) is 25.7 Å². The Morgan fingerprint density at radius 2 is 2.05 bits per heavy atom. The third kappa shape index (κ3) is 4.53. The molecule has 1 heterocycles. The molecule has 2 rings (SSSR count). The summed E-state index contributed by atoms with van der Waals surface area (Å²) in [4.78, 5) is 14.1. The van der Waals surface area contributed by atoms with Gasteiger partial charge in [0.05, 0.1) is 0 Å². The summed E-state index contributed by atoms with van der Waals surface area (Å²) in [6.45, 7) is 9.63. The van der Waals surface area contributed by atoms with Crippen molar-refractivity contribution >= 4 is 6.03 Å². The van der Waals surface area contributed by atoms with Crippen LogP contribution in [0.25, 0.3) is 0 Å². The Hall–Kier alpha value is -1.95. The Labute approximate surface area is 131 Å². The number of urea groups is 1. The zero-order chi connectivity index (χ0) is 15.9. The summed E-state index contributed by atoms with van der Waals surface area (Å²) in [6, 6.07) is 6.01. The van der Waals surface area contributed by atoms with Crippen molar-refractivity contribution in [3.8, 4) is 11.5 Å². The molecule has 0 spiro atoms. The summed E-state index contributed by atoms with van der Waals surface area (Å²) in [5.41, 5.74) is 0.983. The molecule has 0 unspecified atom stereocenters. The lowest BCUT2D eigenvalue weighted by Gasteiger charge is -2.24. The number of likely N-dealkylation sites (N-methyl/N-ethyl adjacent to an activating group) is 1. The molecule has 2 N–H and O–H groups in total. The van der Waals surface area contributed by atoms with Gasteiger partial charge in [-0.25, -0.2) is 4.79 Å². The monoisotopic (exact) mass is 307 g/mol. The summed E-state index contributed by atoms with van der Waals surface area (Å²) in [5.74, 6) is 1.48. The van der Waals surface area contributed by atoms with Crippen molar-refractivity contribution < 1.29 is 14.3 Å². The van der Waals surface area contributed by atoms with Gasteiger partial charge < -0.3 is 20.1 Å². The summed E-state index contributed by atoms with van der Waals surface area (Å²) in [6.07, 6.45) is 0. The molecule has 6 heteroatoms. The number of hydrogen-bond acceptors (Lipinski definition) is 4. The van der Waals surface area contributed by atoms with E-state index in [2.05, 4.69) is 36.3 Å². The molecule has 1 aliphatic heterocycles. The SMILES string of the molecule is CCN(CCNC(=O)NCc1ccc2c(c1)OCO2)C(C)C. The second-order valence-electron chi connectivity index (χ2n) is 5.52. The number of carbonyl (C=O) groups is 1. The van der Waals surface area contributed by atoms with Crippen LogP contribution in [0.5, 0.6) is 11.5 Å². The van der Waals surface area contributed by atoms with Crippen molar-refractivity contribution in [1.29, 1.82) is 0 Å². The lowest BCUT2D eigenvalue weighted by Crippen LogP contribution is -2.41. The van der Waals surface area contributed by atoms with Crippen molar-refractivity contribution in [2.45, 2.75) is 33.4 Å². The van der Waals surface area contributed by atoms with Crippen LogP contribution in [0.2, 0.25) is 0 Å². The number of nitrogens with one attached hydrogen (secondary N) is 2. The van der Waals surface area contributed by atoms with Crippen LogP contribution in [-0.4, -0.2) is 43.4 Å². The molecule has 0 aromatic heterocycles. The van der Waals surface area contributed by atoms with E-state index in [4.69, 9.17) is 9.47 Å². The van der Waals surface area contributed by atoms with Gasteiger partial charge in [0.15, 0.2) is 11.5 Å². The van der Waals surface area contributed by atoms with Gasteiger partial charge in [0.25, 0.3) is 0 Å². The molecule has 6 nitrogen and oxygen atoms in total. The van der Waals surface area contributed by atoms with Crippen molar-refractivity contribution in [1.82, 2.24) is 15.5 Å². The minimum absolute atomic E-state index is 0.155. The van der Waals surface area contributed by atoms with Crippen LogP contribution in [0, 0.1) is 0 Å². The number of benzene rings is 1. The minimum atomic E-state index is -0.155. The third-order valence-corrected chi connectivity index (χ3v) is 3.71. The maximum absolute atomic E-state index is 11.8. The van der Waals surface area contributed by atoms with Gasteiger partial charge in [-0.1, -0.05) is 13.0 Å². The molecule has 0 radical (unpaired) electrons. The van der Waals surface area contributed by atoms with E-state index >= 15 is 0 Å². The Morgan fingerprint density at radius 3 is 2.77 bits per heavy atom. The Bertz CT molecular complexity index is 505. The van der Waals surface area contributed by atoms with E-state index in [1.54, 1.807) is 0 Å². The molecule has 0 fully saturated rings. The van der Waals surface area contributed by atoms with Crippen LogP contribution in [0.4, 0.5) is 4.79 Å². The van der Waals surface area contributed by atoms with E-state index in [0.717, 1.165) is 30.2 Å². The molecular formula is C16H25N3O3. The first-order valence-corrected chi connectivity index (χ1v) is 7.74. The molecule has 0 saturated carbocycles. The molecule has 0 saturated heterocycles. The van der Waals surface area contributed by atoms with E-state index in [0.29, 0.717) is 19.1 Å². The van der Waals surface area contributed by atoms with E-state index in [-0.39, 0.29) is 12.8 Å². The Kier molecular flexibility index (Phi) is 5.89. The standard InChI is InChI=1S/C16H25N3O3/c1-4-19(12(2)3)8-7-17-16(20)18-10-13-5-6-14-15(9-13)22-11-21-14/h5-6,9,12H,4,7-8,10-11H2,1-3H3,(H2,17,18,20). The molecule has 22 heavy (non-hydrogen) atoms. The highest BCUT2D eigenvalue weighted by Crippen LogP contribution is 2.32. The average molecular weight is 307 g/mol. The number of fused-ring (bicyclic) bond motifs is 1. The maximum atomic E-state index is 11.8. The predicted molar refractivity (Wildman–Crippen MR) is 85.2 cm³/mol. The van der Waals surface area contributed by atoms with Gasteiger partial charge in [-0.2, -0.15) is 0 Å². The molecule has 1 aromatic rings. The summed E-state index contributed by atoms with van der Waals surface area (Å²) >= 11 is 0. The molecule has 0 bridgehead atoms. The summed E-state index contributed by atoms with van der Waals surface area (Å²) in [5, 5.41) is 5.72. The van der Waals surface area contributed by atoms with Gasteiger partial charge in [-0.05, 0) is 38.1 Å². The van der Waals surface area contributed by atoms with Gasteiger partial charge >= 0.3 is 6.03 Å². The smallest absolute Gasteiger partial charge is 0.315 e. The predicted octanol–water partition coefficient (Wildman–Crippen LogP) is 1.94. The first-order chi connectivity index (χ1) is 10.6. The van der Waals surface area contributed by atoms with Crippen LogP contribution >= 0.6 is 0 Å². The van der Waals surface area contributed by atoms with E-state index in [1.165, 1.54) is 0 Å². The van der Waals surface area contributed by atoms with E-state index < -0.39 is 0 Å². The number of hydrogen-bond donors (Lipinski definition) is 2. The largest absolute Gasteiger partial charge is 0.454 e. The van der Waals surface area contributed by atoms with E-state index in [1.807, 2.05) is 18.2 Å². The van der Waals surface area contributed by atoms with Gasteiger partial charge in [-0.3, -0.25) is 4.90 Å². The number of rotatable bonds is 7. The topological polar surface area (TPSA) is 62.8 Å². The number of amides is 2. The van der Waals surface area contributed by atoms with Crippen LogP contribution in [0.3, 0.4) is 0 Å². The molecule has 2 amide bonds. The number of nitrogens with zero attached hydrogens (tertiary/aromatic N) is 1. The Morgan fingerprint density at radius 1 is 1.27 bits per heavy atom. The molecular weight excluding hydrogens is 282 g/mol. The molecule has 0 atom stereocenters. The van der Waals surface area contributed by atoms with Crippen LogP contribution in [0.15, 0.2) is 18.2 Å². The van der Waals surface area contributed by atoms with Crippen molar-refractivity contribution in [2.75, 3.05) is 26.4 Å². The highest BCUT2D eigenvalue weighted by Gasteiger charge is 2.13. The lowest BCUT2D eigenvalue weighted by atomic mass is 10.2. The number of carbonyl (C=O) groups excluding carboxylic acids is 1. The van der Waals surface area contributed by atoms with Gasteiger partial charge in [0.2, 0.25) is 6.79 Å². The first kappa shape index (κ1) is 16.4. The Balaban J connectivity index is 1.69. The fraction of sp³-hybridized carbons (Fsp3) is 0.562. The zero-order valence-corrected chi connectivity index (χ0v) is 13.5. The second-order valence-corrected chi connectivity index (χ2v) is 5.52. The van der Waals surface area contributed by atoms with Crippen molar-refractivity contribution in [2.24, 2.45) is 0 Å². The number of ether oxygens (including phenoxy) is 2. The summed E-state index contributed by atoms with van der Waals surface area (Å²) < 4.78 is 10.6. The first-order valence-electron chi connectivity index (χ1n) is 7.74. The fourth-order valence-corrected chi connectivity index (χ4v) is 2.39. The highest BCUT2D eigenvalue weighted by atomic mass is 16.7.